The highest BCUT2D eigenvalue weighted by Gasteiger charge is 2.41. The van der Waals surface area contributed by atoms with Gasteiger partial charge in [0.05, 0.1) is 11.5 Å². The van der Waals surface area contributed by atoms with Crippen LogP contribution >= 0.6 is 11.6 Å². The van der Waals surface area contributed by atoms with Crippen molar-refractivity contribution in [2.45, 2.75) is 44.6 Å². The molecule has 1 fully saturated rings. The molecule has 0 heterocycles. The van der Waals surface area contributed by atoms with Gasteiger partial charge in [0.1, 0.15) is 11.9 Å². The second-order valence-corrected chi connectivity index (χ2v) is 5.63. The van der Waals surface area contributed by atoms with Crippen molar-refractivity contribution < 1.29 is 9.50 Å². The molecule has 0 amide bonds. The Hall–Kier alpha value is -1.11. The molecule has 19 heavy (non-hydrogen) atoms. The quantitative estimate of drug-likeness (QED) is 0.818. The van der Waals surface area contributed by atoms with Gasteiger partial charge in [-0.2, -0.15) is 5.26 Å². The van der Waals surface area contributed by atoms with E-state index in [1.165, 1.54) is 12.1 Å². The van der Waals surface area contributed by atoms with Gasteiger partial charge in [-0.25, -0.2) is 4.39 Å². The topological polar surface area (TPSA) is 44.0 Å². The summed E-state index contributed by atoms with van der Waals surface area (Å²) >= 11 is 5.99. The molecular weight excluding hydrogens is 265 g/mol. The fourth-order valence-electron chi connectivity index (χ4n) is 2.85. The molecule has 2 rings (SSSR count). The van der Waals surface area contributed by atoms with E-state index in [9.17, 15) is 14.8 Å². The summed E-state index contributed by atoms with van der Waals surface area (Å²) in [6.45, 7) is 0. The molecule has 1 aromatic rings. The average Bonchev–Trinajstić information content (AvgIpc) is 2.64. The molecule has 1 N–H and O–H groups in total. The van der Waals surface area contributed by atoms with Crippen molar-refractivity contribution in [2.75, 3.05) is 0 Å². The van der Waals surface area contributed by atoms with Crippen molar-refractivity contribution in [1.82, 2.24) is 0 Å². The van der Waals surface area contributed by atoms with E-state index in [2.05, 4.69) is 6.07 Å². The summed E-state index contributed by atoms with van der Waals surface area (Å²) < 4.78 is 13.9. The van der Waals surface area contributed by atoms with E-state index in [1.807, 2.05) is 0 Å². The van der Waals surface area contributed by atoms with Crippen LogP contribution < -0.4 is 0 Å². The Morgan fingerprint density at radius 2 is 1.89 bits per heavy atom. The number of rotatable bonds is 2. The summed E-state index contributed by atoms with van der Waals surface area (Å²) in [6.07, 6.45) is 3.91. The zero-order valence-corrected chi connectivity index (χ0v) is 11.5. The van der Waals surface area contributed by atoms with Crippen LogP contribution in [0.3, 0.4) is 0 Å². The van der Waals surface area contributed by atoms with Gasteiger partial charge in [-0.3, -0.25) is 0 Å². The van der Waals surface area contributed by atoms with Crippen LogP contribution in [0.1, 0.15) is 50.2 Å². The molecule has 102 valence electrons. The monoisotopic (exact) mass is 281 g/mol. The van der Waals surface area contributed by atoms with E-state index in [-0.39, 0.29) is 10.6 Å². The fraction of sp³-hybridized carbons (Fsp3) is 0.533. The second-order valence-electron chi connectivity index (χ2n) is 5.22. The molecule has 1 unspecified atom stereocenters. The average molecular weight is 282 g/mol. The van der Waals surface area contributed by atoms with E-state index in [0.29, 0.717) is 12.8 Å². The van der Waals surface area contributed by atoms with Gasteiger partial charge < -0.3 is 5.11 Å². The van der Waals surface area contributed by atoms with Crippen LogP contribution in [-0.4, -0.2) is 5.11 Å². The first-order chi connectivity index (χ1) is 9.10. The predicted molar refractivity (Wildman–Crippen MR) is 72.1 cm³/mol. The SMILES string of the molecule is N#CC1(C(O)c2c(F)cccc2Cl)CCCCCC1. The minimum absolute atomic E-state index is 0.0626. The zero-order chi connectivity index (χ0) is 13.9. The second kappa shape index (κ2) is 5.90. The Morgan fingerprint density at radius 3 is 2.42 bits per heavy atom. The van der Waals surface area contributed by atoms with Gasteiger partial charge in [0.2, 0.25) is 0 Å². The molecule has 1 saturated carbocycles. The van der Waals surface area contributed by atoms with Crippen molar-refractivity contribution in [2.24, 2.45) is 5.41 Å². The normalized spacial score (nSPS) is 20.3. The van der Waals surface area contributed by atoms with Crippen molar-refractivity contribution in [3.63, 3.8) is 0 Å². The number of aliphatic hydroxyl groups excluding tert-OH is 1. The van der Waals surface area contributed by atoms with Gasteiger partial charge >= 0.3 is 0 Å². The van der Waals surface area contributed by atoms with Crippen molar-refractivity contribution in [3.05, 3.63) is 34.6 Å². The molecule has 4 heteroatoms. The number of halogens is 2. The Kier molecular flexibility index (Phi) is 4.44. The van der Waals surface area contributed by atoms with E-state index in [4.69, 9.17) is 11.6 Å². The van der Waals surface area contributed by atoms with Gasteiger partial charge in [-0.05, 0) is 25.0 Å². The van der Waals surface area contributed by atoms with E-state index in [1.54, 1.807) is 6.07 Å². The van der Waals surface area contributed by atoms with Crippen LogP contribution in [0.4, 0.5) is 4.39 Å². The molecule has 0 aromatic heterocycles. The van der Waals surface area contributed by atoms with Crippen LogP contribution in [-0.2, 0) is 0 Å². The first-order valence-corrected chi connectivity index (χ1v) is 7.02. The minimum atomic E-state index is -1.16. The number of hydrogen-bond donors (Lipinski definition) is 1. The van der Waals surface area contributed by atoms with Gasteiger partial charge in [0.25, 0.3) is 0 Å². The molecule has 2 nitrogen and oxygen atoms in total. The standard InChI is InChI=1S/C15H17ClFNO/c16-11-6-5-7-12(17)13(11)14(19)15(10-18)8-3-1-2-4-9-15/h5-7,14,19H,1-4,8-9H2. The fourth-order valence-corrected chi connectivity index (χ4v) is 3.12. The van der Waals surface area contributed by atoms with Crippen LogP contribution in [0, 0.1) is 22.6 Å². The highest BCUT2D eigenvalue weighted by atomic mass is 35.5. The first-order valence-electron chi connectivity index (χ1n) is 6.64. The Balaban J connectivity index is 2.40. The first kappa shape index (κ1) is 14.3. The van der Waals surface area contributed by atoms with Crippen molar-refractivity contribution in [1.29, 1.82) is 5.26 Å². The summed E-state index contributed by atoms with van der Waals surface area (Å²) in [5.41, 5.74) is -0.852. The molecule has 1 atom stereocenters. The van der Waals surface area contributed by atoms with Gasteiger partial charge in [-0.15, -0.1) is 0 Å². The number of benzene rings is 1. The maximum atomic E-state index is 13.9. The molecule has 0 bridgehead atoms. The van der Waals surface area contributed by atoms with E-state index < -0.39 is 17.3 Å². The van der Waals surface area contributed by atoms with E-state index >= 15 is 0 Å². The maximum Gasteiger partial charge on any atom is 0.130 e. The van der Waals surface area contributed by atoms with Crippen LogP contribution in [0.25, 0.3) is 0 Å². The lowest BCUT2D eigenvalue weighted by Crippen LogP contribution is -2.28. The summed E-state index contributed by atoms with van der Waals surface area (Å²) in [5, 5.41) is 20.2. The third-order valence-corrected chi connectivity index (χ3v) is 4.34. The van der Waals surface area contributed by atoms with Gasteiger partial charge in [-0.1, -0.05) is 43.4 Å². The molecule has 0 saturated heterocycles. The highest BCUT2D eigenvalue weighted by molar-refractivity contribution is 6.31. The molecule has 1 aromatic carbocycles. The third-order valence-electron chi connectivity index (χ3n) is 4.02. The van der Waals surface area contributed by atoms with Crippen molar-refractivity contribution >= 4 is 11.6 Å². The summed E-state index contributed by atoms with van der Waals surface area (Å²) in [5.74, 6) is -0.543. The third kappa shape index (κ3) is 2.75. The van der Waals surface area contributed by atoms with Crippen LogP contribution in [0.2, 0.25) is 5.02 Å². The highest BCUT2D eigenvalue weighted by Crippen LogP contribution is 2.46. The Bertz CT molecular complexity index is 469. The lowest BCUT2D eigenvalue weighted by atomic mass is 9.74. The maximum absolute atomic E-state index is 13.9. The van der Waals surface area contributed by atoms with Crippen LogP contribution in [0.15, 0.2) is 18.2 Å². The van der Waals surface area contributed by atoms with Crippen molar-refractivity contribution in [3.8, 4) is 6.07 Å². The zero-order valence-electron chi connectivity index (χ0n) is 10.7. The summed E-state index contributed by atoms with van der Waals surface area (Å²) in [6, 6.07) is 6.55. The number of nitrogens with zero attached hydrogens (tertiary/aromatic N) is 1. The summed E-state index contributed by atoms with van der Waals surface area (Å²) in [7, 11) is 0. The molecule has 0 spiro atoms. The molecule has 0 radical (unpaired) electrons. The number of hydrogen-bond acceptors (Lipinski definition) is 2. The minimum Gasteiger partial charge on any atom is -0.387 e. The molecule has 0 aliphatic heterocycles. The van der Waals surface area contributed by atoms with E-state index in [0.717, 1.165) is 25.7 Å². The molecular formula is C15H17ClFNO. The smallest absolute Gasteiger partial charge is 0.130 e. The van der Waals surface area contributed by atoms with Gasteiger partial charge in [0.15, 0.2) is 0 Å². The van der Waals surface area contributed by atoms with Gasteiger partial charge in [0, 0.05) is 10.6 Å². The Labute approximate surface area is 117 Å². The molecule has 1 aliphatic carbocycles. The number of nitriles is 1. The van der Waals surface area contributed by atoms with Crippen LogP contribution in [0.5, 0.6) is 0 Å². The lowest BCUT2D eigenvalue weighted by molar-refractivity contribution is 0.0488. The molecule has 1 aliphatic rings. The Morgan fingerprint density at radius 1 is 1.26 bits per heavy atom. The largest absolute Gasteiger partial charge is 0.387 e. The lowest BCUT2D eigenvalue weighted by Gasteiger charge is -2.31. The number of aliphatic hydroxyl groups is 1. The predicted octanol–water partition coefficient (Wildman–Crippen LogP) is 4.38. The summed E-state index contributed by atoms with van der Waals surface area (Å²) in [4.78, 5) is 0.